The van der Waals surface area contributed by atoms with Gasteiger partial charge >= 0.3 is 0 Å². The van der Waals surface area contributed by atoms with Crippen molar-refractivity contribution in [3.8, 4) is 5.75 Å². The van der Waals surface area contributed by atoms with Gasteiger partial charge in [0.05, 0.1) is 7.11 Å². The molecule has 0 fully saturated rings. The minimum Gasteiger partial charge on any atom is -0.497 e. The Morgan fingerprint density at radius 1 is 1.43 bits per heavy atom. The lowest BCUT2D eigenvalue weighted by Gasteiger charge is -1.98. The number of ether oxygens (including phenoxy) is 1. The molecule has 1 rings (SSSR count). The highest BCUT2D eigenvalue weighted by atomic mass is 16.5. The summed E-state index contributed by atoms with van der Waals surface area (Å²) in [5.41, 5.74) is 6.22. The van der Waals surface area contributed by atoms with Crippen LogP contribution < -0.4 is 10.5 Å². The summed E-state index contributed by atoms with van der Waals surface area (Å²) in [6.45, 7) is 0. The number of methoxy groups -OCH3 is 1. The number of hydrogen-bond acceptors (Lipinski definition) is 3. The smallest absolute Gasteiger partial charge is 0.162 e. The van der Waals surface area contributed by atoms with E-state index in [1.54, 1.807) is 13.2 Å². The van der Waals surface area contributed by atoms with E-state index in [9.17, 15) is 0 Å². The van der Waals surface area contributed by atoms with Gasteiger partial charge in [0.2, 0.25) is 0 Å². The summed E-state index contributed by atoms with van der Waals surface area (Å²) in [4.78, 5) is 0. The molecule has 0 aromatic heterocycles. The van der Waals surface area contributed by atoms with Crippen LogP contribution in [-0.2, 0) is 0 Å². The topological polar surface area (TPSA) is 67.8 Å². The third-order valence-electron chi connectivity index (χ3n) is 1.68. The van der Waals surface area contributed by atoms with Crippen molar-refractivity contribution >= 4 is 11.9 Å². The number of hydrogen-bond donors (Lipinski definition) is 2. The number of oxime groups is 1. The lowest BCUT2D eigenvalue weighted by molar-refractivity contribution is 0.319. The fraction of sp³-hybridized carbons (Fsp3) is 0.100. The summed E-state index contributed by atoms with van der Waals surface area (Å²) in [6, 6.07) is 7.43. The average molecular weight is 192 g/mol. The summed E-state index contributed by atoms with van der Waals surface area (Å²) < 4.78 is 5.00. The van der Waals surface area contributed by atoms with Crippen LogP contribution in [0.3, 0.4) is 0 Å². The van der Waals surface area contributed by atoms with Gasteiger partial charge in [-0.1, -0.05) is 23.4 Å². The van der Waals surface area contributed by atoms with Crippen LogP contribution in [0.15, 0.2) is 35.5 Å². The molecular formula is C10H12N2O2. The quantitative estimate of drug-likeness (QED) is 0.329. The molecule has 0 unspecified atom stereocenters. The van der Waals surface area contributed by atoms with Crippen molar-refractivity contribution in [3.05, 3.63) is 35.9 Å². The van der Waals surface area contributed by atoms with Crippen molar-refractivity contribution in [2.75, 3.05) is 7.11 Å². The van der Waals surface area contributed by atoms with E-state index in [4.69, 9.17) is 15.7 Å². The molecule has 74 valence electrons. The second-order valence-corrected chi connectivity index (χ2v) is 2.63. The number of benzene rings is 1. The van der Waals surface area contributed by atoms with Crippen molar-refractivity contribution in [1.82, 2.24) is 0 Å². The molecule has 0 saturated heterocycles. The fourth-order valence-electron chi connectivity index (χ4n) is 0.930. The van der Waals surface area contributed by atoms with Gasteiger partial charge in [-0.3, -0.25) is 0 Å². The summed E-state index contributed by atoms with van der Waals surface area (Å²) in [5.74, 6) is 0.867. The van der Waals surface area contributed by atoms with Gasteiger partial charge in [-0.25, -0.2) is 0 Å². The number of nitrogens with two attached hydrogens (primary N) is 1. The van der Waals surface area contributed by atoms with Crippen molar-refractivity contribution in [1.29, 1.82) is 0 Å². The zero-order chi connectivity index (χ0) is 10.4. The zero-order valence-electron chi connectivity index (χ0n) is 7.84. The first kappa shape index (κ1) is 10.1. The lowest BCUT2D eigenvalue weighted by Crippen LogP contribution is -2.06. The molecule has 1 aromatic rings. The first-order valence-electron chi connectivity index (χ1n) is 4.06. The van der Waals surface area contributed by atoms with Crippen molar-refractivity contribution in [3.63, 3.8) is 0 Å². The van der Waals surface area contributed by atoms with Crippen LogP contribution in [0.1, 0.15) is 5.56 Å². The normalized spacial score (nSPS) is 11.9. The predicted molar refractivity (Wildman–Crippen MR) is 55.4 cm³/mol. The Labute approximate surface area is 82.3 Å². The van der Waals surface area contributed by atoms with Crippen molar-refractivity contribution in [2.24, 2.45) is 10.9 Å². The third kappa shape index (κ3) is 2.82. The maximum absolute atomic E-state index is 8.29. The van der Waals surface area contributed by atoms with E-state index in [0.717, 1.165) is 11.3 Å². The minimum atomic E-state index is 0.0702. The van der Waals surface area contributed by atoms with E-state index in [1.165, 1.54) is 6.08 Å². The molecule has 3 N–H and O–H groups in total. The third-order valence-corrected chi connectivity index (χ3v) is 1.68. The minimum absolute atomic E-state index is 0.0702. The molecule has 0 spiro atoms. The van der Waals surface area contributed by atoms with Gasteiger partial charge in [-0.15, -0.1) is 0 Å². The number of rotatable bonds is 3. The van der Waals surface area contributed by atoms with Crippen LogP contribution in [-0.4, -0.2) is 18.2 Å². The van der Waals surface area contributed by atoms with E-state index < -0.39 is 0 Å². The van der Waals surface area contributed by atoms with Gasteiger partial charge in [-0.2, -0.15) is 0 Å². The Morgan fingerprint density at radius 2 is 2.07 bits per heavy atom. The summed E-state index contributed by atoms with van der Waals surface area (Å²) in [6.07, 6.45) is 3.26. The molecule has 1 aromatic carbocycles. The van der Waals surface area contributed by atoms with E-state index in [2.05, 4.69) is 5.16 Å². The van der Waals surface area contributed by atoms with Gasteiger partial charge in [0.15, 0.2) is 5.84 Å². The molecule has 0 saturated carbocycles. The fourth-order valence-corrected chi connectivity index (χ4v) is 0.930. The molecule has 0 amide bonds. The molecule has 0 aliphatic carbocycles. The Balaban J connectivity index is 2.73. The van der Waals surface area contributed by atoms with Crippen LogP contribution >= 0.6 is 0 Å². The van der Waals surface area contributed by atoms with E-state index in [0.29, 0.717) is 0 Å². The van der Waals surface area contributed by atoms with Gasteiger partial charge in [0, 0.05) is 0 Å². The van der Waals surface area contributed by atoms with Crippen LogP contribution in [0.5, 0.6) is 5.75 Å². The molecular weight excluding hydrogens is 180 g/mol. The monoisotopic (exact) mass is 192 g/mol. The average Bonchev–Trinajstić information content (AvgIpc) is 2.26. The number of amidine groups is 1. The van der Waals surface area contributed by atoms with Crippen molar-refractivity contribution < 1.29 is 9.94 Å². The SMILES string of the molecule is COc1ccc(C=CC(N)=NO)cc1. The van der Waals surface area contributed by atoms with E-state index >= 15 is 0 Å². The summed E-state index contributed by atoms with van der Waals surface area (Å²) >= 11 is 0. The molecule has 0 aliphatic rings. The Bertz CT molecular complexity index is 342. The first-order valence-corrected chi connectivity index (χ1v) is 4.06. The molecule has 0 aliphatic heterocycles. The molecule has 0 radical (unpaired) electrons. The van der Waals surface area contributed by atoms with Crippen LogP contribution in [0.4, 0.5) is 0 Å². The summed E-state index contributed by atoms with van der Waals surface area (Å²) in [5, 5.41) is 11.1. The highest BCUT2D eigenvalue weighted by Gasteiger charge is 1.90. The van der Waals surface area contributed by atoms with Crippen LogP contribution in [0, 0.1) is 0 Å². The standard InChI is InChI=1S/C10H12N2O2/c1-14-9-5-2-8(3-6-9)4-7-10(11)12-13/h2-7,13H,1H3,(H2,11,12). The molecule has 4 nitrogen and oxygen atoms in total. The van der Waals surface area contributed by atoms with Gasteiger partial charge in [0.25, 0.3) is 0 Å². The van der Waals surface area contributed by atoms with Gasteiger partial charge in [0.1, 0.15) is 5.75 Å². The second kappa shape index (κ2) is 4.91. The lowest BCUT2D eigenvalue weighted by atomic mass is 10.2. The van der Waals surface area contributed by atoms with Gasteiger partial charge < -0.3 is 15.7 Å². The Hall–Kier alpha value is -1.97. The first-order chi connectivity index (χ1) is 6.76. The second-order valence-electron chi connectivity index (χ2n) is 2.63. The predicted octanol–water partition coefficient (Wildman–Crippen LogP) is 1.45. The number of nitrogens with zero attached hydrogens (tertiary/aromatic N) is 1. The Morgan fingerprint density at radius 3 is 2.57 bits per heavy atom. The molecule has 0 heterocycles. The molecule has 4 heteroatoms. The highest BCUT2D eigenvalue weighted by molar-refractivity contribution is 5.94. The molecule has 0 atom stereocenters. The highest BCUT2D eigenvalue weighted by Crippen LogP contribution is 2.11. The maximum Gasteiger partial charge on any atom is 0.162 e. The van der Waals surface area contributed by atoms with Crippen molar-refractivity contribution in [2.45, 2.75) is 0 Å². The largest absolute Gasteiger partial charge is 0.497 e. The molecule has 0 bridgehead atoms. The van der Waals surface area contributed by atoms with E-state index in [1.807, 2.05) is 24.3 Å². The Kier molecular flexibility index (Phi) is 3.55. The molecule has 14 heavy (non-hydrogen) atoms. The zero-order valence-corrected chi connectivity index (χ0v) is 7.84. The van der Waals surface area contributed by atoms with Crippen LogP contribution in [0.2, 0.25) is 0 Å². The van der Waals surface area contributed by atoms with E-state index in [-0.39, 0.29) is 5.84 Å². The summed E-state index contributed by atoms with van der Waals surface area (Å²) in [7, 11) is 1.61. The maximum atomic E-state index is 8.29. The van der Waals surface area contributed by atoms with Gasteiger partial charge in [-0.05, 0) is 23.8 Å². The van der Waals surface area contributed by atoms with Crippen LogP contribution in [0.25, 0.3) is 6.08 Å².